The topological polar surface area (TPSA) is 38.0 Å². The third kappa shape index (κ3) is 5.53. The number of nitrogens with two attached hydrogens (primary N) is 1. The molecule has 0 amide bonds. The Labute approximate surface area is 95.0 Å². The predicted molar refractivity (Wildman–Crippen MR) is 66.9 cm³/mol. The minimum absolute atomic E-state index is 0.721. The first kappa shape index (κ1) is 13.0. The molecule has 90 valence electrons. The van der Waals surface area contributed by atoms with Crippen molar-refractivity contribution in [3.63, 3.8) is 0 Å². The van der Waals surface area contributed by atoms with Crippen molar-refractivity contribution in [3.8, 4) is 0 Å². The highest BCUT2D eigenvalue weighted by Crippen LogP contribution is 2.18. The molecule has 1 aliphatic rings. The van der Waals surface area contributed by atoms with Crippen LogP contribution in [0.25, 0.3) is 0 Å². The van der Waals surface area contributed by atoms with Crippen LogP contribution in [0.3, 0.4) is 0 Å². The van der Waals surface area contributed by atoms with E-state index in [1.165, 1.54) is 45.1 Å². The van der Waals surface area contributed by atoms with Crippen LogP contribution in [0.1, 0.15) is 52.4 Å². The summed E-state index contributed by atoms with van der Waals surface area (Å²) < 4.78 is 0. The van der Waals surface area contributed by atoms with Crippen molar-refractivity contribution in [2.75, 3.05) is 13.1 Å². The van der Waals surface area contributed by atoms with E-state index in [-0.39, 0.29) is 0 Å². The van der Waals surface area contributed by atoms with Gasteiger partial charge < -0.3 is 11.1 Å². The Hall–Kier alpha value is -0.0800. The van der Waals surface area contributed by atoms with Gasteiger partial charge in [-0.25, -0.2) is 0 Å². The van der Waals surface area contributed by atoms with Gasteiger partial charge in [0.15, 0.2) is 0 Å². The summed E-state index contributed by atoms with van der Waals surface area (Å²) in [6.07, 6.45) is 8.15. The van der Waals surface area contributed by atoms with Crippen molar-refractivity contribution in [1.29, 1.82) is 0 Å². The molecule has 0 saturated heterocycles. The normalized spacial score (nSPS) is 20.0. The molecule has 1 rings (SSSR count). The lowest BCUT2D eigenvalue weighted by Gasteiger charge is -2.19. The van der Waals surface area contributed by atoms with Gasteiger partial charge in [-0.2, -0.15) is 0 Å². The minimum Gasteiger partial charge on any atom is -0.330 e. The van der Waals surface area contributed by atoms with Gasteiger partial charge in [0.1, 0.15) is 0 Å². The fourth-order valence-electron chi connectivity index (χ4n) is 2.62. The summed E-state index contributed by atoms with van der Waals surface area (Å²) >= 11 is 0. The Morgan fingerprint density at radius 1 is 1.27 bits per heavy atom. The number of hydrogen-bond donors (Lipinski definition) is 2. The van der Waals surface area contributed by atoms with Crippen LogP contribution >= 0.6 is 0 Å². The zero-order chi connectivity index (χ0) is 11.1. The molecule has 1 atom stereocenters. The highest BCUT2D eigenvalue weighted by atomic mass is 14.9. The number of rotatable bonds is 7. The summed E-state index contributed by atoms with van der Waals surface area (Å²) in [5.74, 6) is 1.50. The monoisotopic (exact) mass is 212 g/mol. The van der Waals surface area contributed by atoms with Gasteiger partial charge in [0.05, 0.1) is 0 Å². The Kier molecular flexibility index (Phi) is 6.26. The summed E-state index contributed by atoms with van der Waals surface area (Å²) in [5.41, 5.74) is 5.79. The van der Waals surface area contributed by atoms with E-state index in [0.717, 1.165) is 24.4 Å². The second kappa shape index (κ2) is 7.24. The molecule has 1 unspecified atom stereocenters. The van der Waals surface area contributed by atoms with E-state index < -0.39 is 0 Å². The van der Waals surface area contributed by atoms with Gasteiger partial charge >= 0.3 is 0 Å². The molecule has 1 aliphatic carbocycles. The van der Waals surface area contributed by atoms with Crippen molar-refractivity contribution < 1.29 is 0 Å². The summed E-state index contributed by atoms with van der Waals surface area (Å²) in [7, 11) is 0. The molecule has 0 heterocycles. The third-order valence-corrected chi connectivity index (χ3v) is 3.48. The van der Waals surface area contributed by atoms with Gasteiger partial charge in [-0.3, -0.25) is 0 Å². The molecule has 2 heteroatoms. The van der Waals surface area contributed by atoms with E-state index in [0.29, 0.717) is 0 Å². The molecule has 3 N–H and O–H groups in total. The van der Waals surface area contributed by atoms with E-state index in [1.807, 2.05) is 0 Å². The molecule has 0 bridgehead atoms. The Balaban J connectivity index is 2.05. The Bertz CT molecular complexity index is 151. The first-order valence-electron chi connectivity index (χ1n) is 6.65. The average molecular weight is 212 g/mol. The van der Waals surface area contributed by atoms with Crippen molar-refractivity contribution in [3.05, 3.63) is 0 Å². The van der Waals surface area contributed by atoms with E-state index in [2.05, 4.69) is 19.2 Å². The standard InChI is InChI=1S/C13H28N2/c1-11(2)9-12(10-14)7-8-15-13-5-3-4-6-13/h11-13,15H,3-10,14H2,1-2H3. The number of nitrogens with one attached hydrogen (secondary N) is 1. The Morgan fingerprint density at radius 3 is 2.47 bits per heavy atom. The zero-order valence-corrected chi connectivity index (χ0v) is 10.5. The van der Waals surface area contributed by atoms with Crippen LogP contribution in [0.5, 0.6) is 0 Å². The largest absolute Gasteiger partial charge is 0.330 e. The fraction of sp³-hybridized carbons (Fsp3) is 1.00. The fourth-order valence-corrected chi connectivity index (χ4v) is 2.62. The van der Waals surface area contributed by atoms with Gasteiger partial charge in [0.2, 0.25) is 0 Å². The molecule has 1 fully saturated rings. The van der Waals surface area contributed by atoms with E-state index in [1.54, 1.807) is 0 Å². The summed E-state index contributed by atoms with van der Waals surface area (Å²) in [4.78, 5) is 0. The molecule has 0 aromatic heterocycles. The van der Waals surface area contributed by atoms with E-state index in [4.69, 9.17) is 5.73 Å². The van der Waals surface area contributed by atoms with Gasteiger partial charge in [0, 0.05) is 6.04 Å². The SMILES string of the molecule is CC(C)CC(CN)CCNC1CCCC1. The second-order valence-corrected chi connectivity index (χ2v) is 5.46. The second-order valence-electron chi connectivity index (χ2n) is 5.46. The molecule has 15 heavy (non-hydrogen) atoms. The van der Waals surface area contributed by atoms with Crippen LogP contribution in [0, 0.1) is 11.8 Å². The van der Waals surface area contributed by atoms with Crippen LogP contribution < -0.4 is 11.1 Å². The van der Waals surface area contributed by atoms with E-state index in [9.17, 15) is 0 Å². The molecular weight excluding hydrogens is 184 g/mol. The highest BCUT2D eigenvalue weighted by Gasteiger charge is 2.15. The molecule has 0 spiro atoms. The van der Waals surface area contributed by atoms with Crippen molar-refractivity contribution in [1.82, 2.24) is 5.32 Å². The van der Waals surface area contributed by atoms with Crippen molar-refractivity contribution in [2.24, 2.45) is 17.6 Å². The maximum atomic E-state index is 5.79. The smallest absolute Gasteiger partial charge is 0.00670 e. The maximum absolute atomic E-state index is 5.79. The summed E-state index contributed by atoms with van der Waals surface area (Å²) in [6.45, 7) is 6.59. The minimum atomic E-state index is 0.721. The maximum Gasteiger partial charge on any atom is 0.00670 e. The number of hydrogen-bond acceptors (Lipinski definition) is 2. The van der Waals surface area contributed by atoms with Crippen LogP contribution in [-0.4, -0.2) is 19.1 Å². The molecule has 0 aromatic carbocycles. The van der Waals surface area contributed by atoms with Gasteiger partial charge in [0.25, 0.3) is 0 Å². The molecule has 0 aliphatic heterocycles. The molecule has 0 radical (unpaired) electrons. The molecule has 0 aromatic rings. The van der Waals surface area contributed by atoms with E-state index >= 15 is 0 Å². The Morgan fingerprint density at radius 2 is 1.93 bits per heavy atom. The molecular formula is C13H28N2. The van der Waals surface area contributed by atoms with Crippen molar-refractivity contribution >= 4 is 0 Å². The predicted octanol–water partition coefficient (Wildman–Crippen LogP) is 2.53. The van der Waals surface area contributed by atoms with Gasteiger partial charge in [-0.15, -0.1) is 0 Å². The van der Waals surface area contributed by atoms with Crippen LogP contribution in [-0.2, 0) is 0 Å². The highest BCUT2D eigenvalue weighted by molar-refractivity contribution is 4.74. The van der Waals surface area contributed by atoms with Crippen LogP contribution in [0.2, 0.25) is 0 Å². The quantitative estimate of drug-likeness (QED) is 0.680. The zero-order valence-electron chi connectivity index (χ0n) is 10.5. The first-order valence-corrected chi connectivity index (χ1v) is 6.65. The average Bonchev–Trinajstić information content (AvgIpc) is 2.68. The summed E-state index contributed by atoms with van der Waals surface area (Å²) in [6, 6.07) is 0.808. The lowest BCUT2D eigenvalue weighted by atomic mass is 9.94. The lowest BCUT2D eigenvalue weighted by molar-refractivity contribution is 0.374. The first-order chi connectivity index (χ1) is 7.22. The van der Waals surface area contributed by atoms with Crippen LogP contribution in [0.4, 0.5) is 0 Å². The van der Waals surface area contributed by atoms with Gasteiger partial charge in [-0.05, 0) is 50.6 Å². The summed E-state index contributed by atoms with van der Waals surface area (Å²) in [5, 5.41) is 3.66. The molecule has 2 nitrogen and oxygen atoms in total. The van der Waals surface area contributed by atoms with Crippen molar-refractivity contribution in [2.45, 2.75) is 58.4 Å². The third-order valence-electron chi connectivity index (χ3n) is 3.48. The van der Waals surface area contributed by atoms with Crippen LogP contribution in [0.15, 0.2) is 0 Å². The molecule has 1 saturated carbocycles. The van der Waals surface area contributed by atoms with Gasteiger partial charge in [-0.1, -0.05) is 26.7 Å². The lowest BCUT2D eigenvalue weighted by Crippen LogP contribution is -2.29.